The molecule has 0 unspecified atom stereocenters. The smallest absolute Gasteiger partial charge is 0.247 e. The molecule has 1 aliphatic heterocycles. The number of hydrogen-bond donors (Lipinski definition) is 1. The van der Waals surface area contributed by atoms with Crippen molar-refractivity contribution < 1.29 is 18.0 Å². The molecule has 4 rings (SSSR count). The maximum Gasteiger partial charge on any atom is 0.247 e. The van der Waals surface area contributed by atoms with E-state index in [1.807, 2.05) is 42.5 Å². The van der Waals surface area contributed by atoms with Gasteiger partial charge in [-0.05, 0) is 60.2 Å². The molecule has 9 heteroatoms. The van der Waals surface area contributed by atoms with E-state index in [0.29, 0.717) is 30.1 Å². The lowest BCUT2D eigenvalue weighted by Gasteiger charge is -2.31. The summed E-state index contributed by atoms with van der Waals surface area (Å²) in [7, 11) is -1.93. The molecule has 200 valence electrons. The lowest BCUT2D eigenvalue weighted by molar-refractivity contribution is -0.141. The van der Waals surface area contributed by atoms with Crippen LogP contribution in [0.2, 0.25) is 5.02 Å². The fourth-order valence-electron chi connectivity index (χ4n) is 4.66. The Morgan fingerprint density at radius 2 is 1.53 bits per heavy atom. The molecule has 0 aliphatic carbocycles. The Labute approximate surface area is 229 Å². The average Bonchev–Trinajstić information content (AvgIpc) is 3.49. The first-order chi connectivity index (χ1) is 18.3. The molecule has 1 heterocycles. The monoisotopic (exact) mass is 553 g/mol. The van der Waals surface area contributed by atoms with Gasteiger partial charge >= 0.3 is 0 Å². The number of carbonyl (C=O) groups is 2. The first-order valence-corrected chi connectivity index (χ1v) is 14.5. The van der Waals surface area contributed by atoms with E-state index in [9.17, 15) is 18.0 Å². The van der Waals surface area contributed by atoms with Crippen LogP contribution in [0.25, 0.3) is 0 Å². The maximum atomic E-state index is 13.6. The molecule has 1 atom stereocenters. The van der Waals surface area contributed by atoms with E-state index in [4.69, 9.17) is 11.6 Å². The van der Waals surface area contributed by atoms with E-state index >= 15 is 0 Å². The molecule has 3 aromatic carbocycles. The van der Waals surface area contributed by atoms with Gasteiger partial charge in [-0.2, -0.15) is 4.31 Å². The molecule has 2 amide bonds. The summed E-state index contributed by atoms with van der Waals surface area (Å²) in [5.74, 6) is -0.471. The Morgan fingerprint density at radius 3 is 2.13 bits per heavy atom. The van der Waals surface area contributed by atoms with Crippen LogP contribution in [0.4, 0.5) is 0 Å². The standard InChI is InChI=1S/C29H32ClN3O4S/c1-31-29(35)28(24-7-3-2-4-8-24)33(21-23-9-14-25(30)15-10-23)27(34)18-13-22-11-16-26(17-12-22)38(36,37)32-19-5-6-20-32/h2-4,7-12,14-17,28H,5-6,13,18-21H2,1H3,(H,31,35)/t28-/m1/s1. The van der Waals surface area contributed by atoms with Gasteiger partial charge in [-0.25, -0.2) is 8.42 Å². The lowest BCUT2D eigenvalue weighted by Crippen LogP contribution is -2.42. The van der Waals surface area contributed by atoms with Crippen LogP contribution < -0.4 is 5.32 Å². The van der Waals surface area contributed by atoms with Crippen molar-refractivity contribution in [2.24, 2.45) is 0 Å². The molecule has 1 saturated heterocycles. The minimum atomic E-state index is -3.49. The Bertz CT molecular complexity index is 1340. The van der Waals surface area contributed by atoms with Crippen molar-refractivity contribution in [3.63, 3.8) is 0 Å². The molecule has 0 aromatic heterocycles. The highest BCUT2D eigenvalue weighted by atomic mass is 35.5. The summed E-state index contributed by atoms with van der Waals surface area (Å²) in [4.78, 5) is 28.5. The van der Waals surface area contributed by atoms with Gasteiger partial charge in [0.2, 0.25) is 21.8 Å². The first kappa shape index (κ1) is 27.8. The topological polar surface area (TPSA) is 86.8 Å². The highest BCUT2D eigenvalue weighted by Crippen LogP contribution is 2.26. The highest BCUT2D eigenvalue weighted by molar-refractivity contribution is 7.89. The van der Waals surface area contributed by atoms with Crippen molar-refractivity contribution >= 4 is 33.4 Å². The average molecular weight is 554 g/mol. The van der Waals surface area contributed by atoms with Crippen LogP contribution in [-0.4, -0.2) is 49.6 Å². The van der Waals surface area contributed by atoms with Gasteiger partial charge in [-0.3, -0.25) is 9.59 Å². The third kappa shape index (κ3) is 6.62. The zero-order valence-electron chi connectivity index (χ0n) is 21.3. The number of hydrogen-bond acceptors (Lipinski definition) is 4. The van der Waals surface area contributed by atoms with Crippen molar-refractivity contribution in [3.8, 4) is 0 Å². The molecule has 0 spiro atoms. The van der Waals surface area contributed by atoms with Gasteiger partial charge in [-0.15, -0.1) is 0 Å². The number of halogens is 1. The predicted octanol–water partition coefficient (Wildman–Crippen LogP) is 4.57. The minimum Gasteiger partial charge on any atom is -0.357 e. The molecule has 1 N–H and O–H groups in total. The number of sulfonamides is 1. The number of rotatable bonds is 10. The fourth-order valence-corrected chi connectivity index (χ4v) is 6.30. The molecule has 1 aliphatic rings. The van der Waals surface area contributed by atoms with Gasteiger partial charge in [-0.1, -0.05) is 66.2 Å². The van der Waals surface area contributed by atoms with Gasteiger partial charge in [0.1, 0.15) is 6.04 Å². The Balaban J connectivity index is 1.54. The highest BCUT2D eigenvalue weighted by Gasteiger charge is 2.31. The van der Waals surface area contributed by atoms with Gasteiger partial charge in [0.15, 0.2) is 0 Å². The van der Waals surface area contributed by atoms with Crippen LogP contribution in [-0.2, 0) is 32.6 Å². The van der Waals surface area contributed by atoms with E-state index in [0.717, 1.165) is 24.0 Å². The van der Waals surface area contributed by atoms with E-state index < -0.39 is 16.1 Å². The van der Waals surface area contributed by atoms with Crippen LogP contribution >= 0.6 is 11.6 Å². The molecule has 0 radical (unpaired) electrons. The van der Waals surface area contributed by atoms with Crippen LogP contribution in [0.15, 0.2) is 83.8 Å². The maximum absolute atomic E-state index is 13.6. The summed E-state index contributed by atoms with van der Waals surface area (Å²) in [6.45, 7) is 1.34. The van der Waals surface area contributed by atoms with Crippen LogP contribution in [0.5, 0.6) is 0 Å². The molecule has 1 fully saturated rings. The SMILES string of the molecule is CNC(=O)[C@@H](c1ccccc1)N(Cc1ccc(Cl)cc1)C(=O)CCc1ccc(S(=O)(=O)N2CCCC2)cc1. The summed E-state index contributed by atoms with van der Waals surface area (Å²) in [6, 6.07) is 22.3. The Kier molecular flexibility index (Phi) is 9.20. The third-order valence-corrected chi connectivity index (χ3v) is 8.93. The summed E-state index contributed by atoms with van der Waals surface area (Å²) in [5.41, 5.74) is 2.41. The van der Waals surface area contributed by atoms with Crippen LogP contribution in [0, 0.1) is 0 Å². The van der Waals surface area contributed by atoms with E-state index in [1.165, 1.54) is 4.31 Å². The molecule has 38 heavy (non-hydrogen) atoms. The number of nitrogens with one attached hydrogen (secondary N) is 1. The number of likely N-dealkylation sites (N-methyl/N-ethyl adjacent to an activating group) is 1. The van der Waals surface area contributed by atoms with Crippen molar-refractivity contribution in [2.45, 2.75) is 43.2 Å². The summed E-state index contributed by atoms with van der Waals surface area (Å²) >= 11 is 6.05. The number of carbonyl (C=O) groups excluding carboxylic acids is 2. The Morgan fingerprint density at radius 1 is 0.921 bits per heavy atom. The largest absolute Gasteiger partial charge is 0.357 e. The predicted molar refractivity (Wildman–Crippen MR) is 148 cm³/mol. The second-order valence-corrected chi connectivity index (χ2v) is 11.7. The van der Waals surface area contributed by atoms with Gasteiger partial charge < -0.3 is 10.2 Å². The molecule has 0 bridgehead atoms. The summed E-state index contributed by atoms with van der Waals surface area (Å²) in [5, 5.41) is 3.29. The lowest BCUT2D eigenvalue weighted by atomic mass is 10.0. The van der Waals surface area contributed by atoms with Gasteiger partial charge in [0, 0.05) is 38.1 Å². The van der Waals surface area contributed by atoms with Crippen molar-refractivity contribution in [1.29, 1.82) is 0 Å². The summed E-state index contributed by atoms with van der Waals surface area (Å²) < 4.78 is 27.2. The minimum absolute atomic E-state index is 0.159. The first-order valence-electron chi connectivity index (χ1n) is 12.7. The Hall–Kier alpha value is -3.20. The molecule has 3 aromatic rings. The number of nitrogens with zero attached hydrogens (tertiary/aromatic N) is 2. The quantitative estimate of drug-likeness (QED) is 0.398. The normalized spacial score (nSPS) is 14.7. The van der Waals surface area contributed by atoms with Crippen molar-refractivity contribution in [3.05, 3.63) is 101 Å². The number of aryl methyl sites for hydroxylation is 1. The second-order valence-electron chi connectivity index (χ2n) is 9.33. The molecular weight excluding hydrogens is 522 g/mol. The molecule has 0 saturated carbocycles. The van der Waals surface area contributed by atoms with Gasteiger partial charge in [0.25, 0.3) is 0 Å². The van der Waals surface area contributed by atoms with Crippen LogP contribution in [0.1, 0.15) is 42.0 Å². The van der Waals surface area contributed by atoms with Crippen molar-refractivity contribution in [2.75, 3.05) is 20.1 Å². The van der Waals surface area contributed by atoms with E-state index in [2.05, 4.69) is 5.32 Å². The zero-order valence-corrected chi connectivity index (χ0v) is 22.9. The second kappa shape index (κ2) is 12.6. The fraction of sp³-hybridized carbons (Fsp3) is 0.310. The zero-order chi connectivity index (χ0) is 27.1. The number of amides is 2. The van der Waals surface area contributed by atoms with Gasteiger partial charge in [0.05, 0.1) is 4.90 Å². The molecular formula is C29H32ClN3O4S. The third-order valence-electron chi connectivity index (χ3n) is 6.76. The van der Waals surface area contributed by atoms with E-state index in [-0.39, 0.29) is 29.7 Å². The molecule has 7 nitrogen and oxygen atoms in total. The van der Waals surface area contributed by atoms with E-state index in [1.54, 1.807) is 48.3 Å². The van der Waals surface area contributed by atoms with Crippen molar-refractivity contribution in [1.82, 2.24) is 14.5 Å². The van der Waals surface area contributed by atoms with Crippen LogP contribution in [0.3, 0.4) is 0 Å². The number of benzene rings is 3. The summed E-state index contributed by atoms with van der Waals surface area (Å²) in [6.07, 6.45) is 2.33.